The molecule has 2 N–H and O–H groups in total. The highest BCUT2D eigenvalue weighted by Gasteiger charge is 2.30. The lowest BCUT2D eigenvalue weighted by Gasteiger charge is -2.28. The Morgan fingerprint density at radius 2 is 0.743 bits per heavy atom. The minimum absolute atomic E-state index is 0.00712. The van der Waals surface area contributed by atoms with E-state index in [-0.39, 0.29) is 12.5 Å². The zero-order chi connectivity index (χ0) is 101. The molecule has 0 unspecified atom stereocenters. The van der Waals surface area contributed by atoms with Gasteiger partial charge in [0, 0.05) is 233 Å². The zero-order valence-corrected chi connectivity index (χ0v) is 82.4. The first-order chi connectivity index (χ1) is 69.8. The van der Waals surface area contributed by atoms with Crippen molar-refractivity contribution in [2.24, 2.45) is 28.2 Å². The summed E-state index contributed by atoms with van der Waals surface area (Å²) < 4.78 is 79.9. The standard InChI is InChI=1S/C29H26N6O2.C28H27N7O3.C27H25N7O2.C22H24N6O4S/c1-34-17-20(15-31-34)29-16-30-27-9-8-22(13-28(27)33-29)35(23-11-24(36-2)14-25(12-23)37-3)18-21-10-19-6-4-5-7-26(19)32-21;1-18-7-8-29-27(9-18)33-28(36)17-35(21-10-22(37-3)13-23(11-21)38-4)20-5-6-24-25(12-20)32-26(15-30-24)19-14-31-34(2)16-19;1-33-18-19(16-31-33)26-17-30-24-8-7-20(14-25(24)32-26)34(11-4-6-27-28-9-5-10-29-27)21-12-22(35-2)15-23(13-21)36-3;1-26(2)33(29,30)28(17-8-18(31-4)11-19(9-17)32-5)16-6-7-20-21(10-16)25-22(13-23-20)15-12-24-27(3)14-15/h4-17,32H,18H2,1-3H3;5-16H,17H2,1-4H3,(H,29,33,36);4-10,12-18H,11H2,1-3H3;6-14H,1-5H3/b;;6-4-;. The number of nitrogens with one attached hydrogen (secondary N) is 2. The Balaban J connectivity index is 0.000000132. The summed E-state index contributed by atoms with van der Waals surface area (Å²) in [7, 11) is 19.3. The Bertz CT molecular complexity index is 8030. The quantitative estimate of drug-likeness (QED) is 0.0422. The molecule has 0 atom stereocenters. The van der Waals surface area contributed by atoms with Crippen LogP contribution in [0.1, 0.15) is 17.1 Å². The van der Waals surface area contributed by atoms with E-state index in [2.05, 4.69) is 111 Å². The third-order valence-electron chi connectivity index (χ3n) is 23.0. The van der Waals surface area contributed by atoms with Gasteiger partial charge >= 0.3 is 10.2 Å². The summed E-state index contributed by atoms with van der Waals surface area (Å²) in [5.74, 6) is 5.86. The van der Waals surface area contributed by atoms with Crippen molar-refractivity contribution in [2.75, 3.05) is 108 Å². The molecule has 37 nitrogen and oxygen atoms in total. The lowest BCUT2D eigenvalue weighted by atomic mass is 10.1. The van der Waals surface area contributed by atoms with Crippen LogP contribution >= 0.6 is 0 Å². The summed E-state index contributed by atoms with van der Waals surface area (Å²) in [5.41, 5.74) is 21.4. The van der Waals surface area contributed by atoms with E-state index < -0.39 is 10.2 Å². The predicted octanol–water partition coefficient (Wildman–Crippen LogP) is 18.1. The number of aromatic amines is 1. The lowest BCUT2D eigenvalue weighted by Crippen LogP contribution is -2.37. The van der Waals surface area contributed by atoms with Crippen LogP contribution in [0.5, 0.6) is 46.0 Å². The molecular formula is C106H102N26O11S. The van der Waals surface area contributed by atoms with Crippen LogP contribution in [0.25, 0.3) is 106 Å². The van der Waals surface area contributed by atoms with Gasteiger partial charge in [0.05, 0.1) is 191 Å². The van der Waals surface area contributed by atoms with Gasteiger partial charge in [0.1, 0.15) is 58.4 Å². The molecule has 0 saturated carbocycles. The second kappa shape index (κ2) is 43.8. The van der Waals surface area contributed by atoms with Gasteiger partial charge in [0.15, 0.2) is 5.82 Å². The van der Waals surface area contributed by atoms with Crippen LogP contribution in [0.4, 0.5) is 51.3 Å². The Labute approximate surface area is 829 Å². The molecule has 0 aliphatic rings. The molecule has 144 heavy (non-hydrogen) atoms. The molecule has 0 fully saturated rings. The Morgan fingerprint density at radius 3 is 1.12 bits per heavy atom. The van der Waals surface area contributed by atoms with Crippen LogP contribution in [-0.4, -0.2) is 202 Å². The highest BCUT2D eigenvalue weighted by Crippen LogP contribution is 2.42. The maximum atomic E-state index is 13.4. The number of methoxy groups -OCH3 is 8. The molecule has 20 aromatic rings. The van der Waals surface area contributed by atoms with Crippen molar-refractivity contribution >= 4 is 129 Å². The number of carbonyl (C=O) groups is 1. The largest absolute Gasteiger partial charge is 0.497 e. The maximum absolute atomic E-state index is 13.4. The molecule has 11 heterocycles. The van der Waals surface area contributed by atoms with Gasteiger partial charge in [-0.25, -0.2) is 39.2 Å². The molecule has 0 aliphatic heterocycles. The normalized spacial score (nSPS) is 11.2. The zero-order valence-electron chi connectivity index (χ0n) is 81.5. The van der Waals surface area contributed by atoms with E-state index in [0.29, 0.717) is 104 Å². The van der Waals surface area contributed by atoms with Crippen LogP contribution in [-0.2, 0) is 49.7 Å². The molecule has 20 rings (SSSR count). The highest BCUT2D eigenvalue weighted by molar-refractivity contribution is 7.90. The molecular weight excluding hydrogens is 1850 g/mol. The van der Waals surface area contributed by atoms with Crippen LogP contribution in [0.15, 0.2) is 293 Å². The van der Waals surface area contributed by atoms with E-state index >= 15 is 0 Å². The number of benzene rings is 9. The number of fused-ring (bicyclic) bond motifs is 5. The highest BCUT2D eigenvalue weighted by atomic mass is 32.2. The van der Waals surface area contributed by atoms with E-state index in [1.165, 1.54) is 38.0 Å². The van der Waals surface area contributed by atoms with Crippen LogP contribution in [0, 0.1) is 6.92 Å². The smallest absolute Gasteiger partial charge is 0.307 e. The Hall–Kier alpha value is -18.3. The van der Waals surface area contributed by atoms with E-state index in [1.54, 1.807) is 178 Å². The monoisotopic (exact) mass is 1950 g/mol. The maximum Gasteiger partial charge on any atom is 0.307 e. The lowest BCUT2D eigenvalue weighted by molar-refractivity contribution is -0.114. The Kier molecular flexibility index (Phi) is 29.6. The van der Waals surface area contributed by atoms with Gasteiger partial charge in [-0.1, -0.05) is 24.3 Å². The number of H-pyrrole nitrogens is 1. The number of hydrogen-bond donors (Lipinski definition) is 2. The number of nitrogens with zero attached hydrogens (tertiary/aromatic N) is 24. The summed E-state index contributed by atoms with van der Waals surface area (Å²) in [6.45, 7) is 3.11. The van der Waals surface area contributed by atoms with Crippen LogP contribution < -0.4 is 62.2 Å². The van der Waals surface area contributed by atoms with E-state index in [9.17, 15) is 13.2 Å². The minimum atomic E-state index is -3.93. The average Bonchev–Trinajstić information content (AvgIpc) is 0.900. The minimum Gasteiger partial charge on any atom is -0.497 e. The molecule has 0 bridgehead atoms. The fraction of sp³-hybridized carbons (Fsp3) is 0.170. The average molecular weight is 1950 g/mol. The fourth-order valence-electron chi connectivity index (χ4n) is 15.7. The SMILES string of the molecule is COc1cc(OC)cc(N(C/C=C\c2ncccn2)c2ccc3ncc(-c4cnn(C)c4)nc3c2)c1.COc1cc(OC)cc(N(CC(=O)Nc2cc(C)ccn2)c2ccc3ncc(-c4cnn(C)c4)nc3c2)c1.COc1cc(OC)cc(N(Cc2cc3ccccc3[nH]2)c2ccc3ncc(-c4cnn(C)c4)nc3c2)c1.COc1cc(OC)cc(N(c2ccc3ncc(-c4cnn(C)c4)nc3c2)S(=O)(=O)N(C)C)c1. The van der Waals surface area contributed by atoms with Crippen molar-refractivity contribution in [2.45, 2.75) is 13.5 Å². The number of aryl methyl sites for hydroxylation is 5. The van der Waals surface area contributed by atoms with Crippen molar-refractivity contribution in [1.29, 1.82) is 0 Å². The van der Waals surface area contributed by atoms with Crippen molar-refractivity contribution in [3.8, 4) is 91.0 Å². The van der Waals surface area contributed by atoms with Gasteiger partial charge in [0.25, 0.3) is 0 Å². The number of anilines is 9. The first kappa shape index (κ1) is 97.3. The number of carbonyl (C=O) groups excluding carboxylic acids is 1. The van der Waals surface area contributed by atoms with Gasteiger partial charge in [0.2, 0.25) is 5.91 Å². The molecule has 1 amide bonds. The molecule has 11 aromatic heterocycles. The van der Waals surface area contributed by atoms with Crippen LogP contribution in [0.2, 0.25) is 0 Å². The van der Waals surface area contributed by atoms with Gasteiger partial charge in [-0.15, -0.1) is 0 Å². The second-order valence-corrected chi connectivity index (χ2v) is 35.1. The number of hydrogen-bond acceptors (Lipinski definition) is 29. The summed E-state index contributed by atoms with van der Waals surface area (Å²) >= 11 is 0. The Morgan fingerprint density at radius 1 is 0.375 bits per heavy atom. The van der Waals surface area contributed by atoms with Crippen molar-refractivity contribution < 1.29 is 51.1 Å². The number of amides is 1. The first-order valence-electron chi connectivity index (χ1n) is 45.1. The van der Waals surface area contributed by atoms with E-state index in [1.807, 2.05) is 192 Å². The third-order valence-corrected chi connectivity index (χ3v) is 24.8. The van der Waals surface area contributed by atoms with Crippen LogP contribution in [0.3, 0.4) is 0 Å². The molecule has 0 spiro atoms. The van der Waals surface area contributed by atoms with Crippen molar-refractivity contribution in [1.82, 2.24) is 103 Å². The topological polar surface area (TPSA) is 382 Å². The molecule has 0 radical (unpaired) electrons. The molecule has 9 aromatic carbocycles. The third kappa shape index (κ3) is 23.0. The second-order valence-electron chi connectivity index (χ2n) is 33.1. The number of rotatable bonds is 30. The number of para-hydroxylation sites is 1. The van der Waals surface area contributed by atoms with Crippen molar-refractivity contribution in [3.05, 3.63) is 310 Å². The van der Waals surface area contributed by atoms with E-state index in [0.717, 1.165) is 122 Å². The number of ether oxygens (including phenoxy) is 8. The molecule has 0 saturated heterocycles. The van der Waals surface area contributed by atoms with Gasteiger partial charge < -0.3 is 62.9 Å². The summed E-state index contributed by atoms with van der Waals surface area (Å²) in [6, 6.07) is 61.0. The summed E-state index contributed by atoms with van der Waals surface area (Å²) in [6.07, 6.45) is 30.6. The van der Waals surface area contributed by atoms with Gasteiger partial charge in [-0.3, -0.25) is 43.5 Å². The summed E-state index contributed by atoms with van der Waals surface area (Å²) in [5, 5.41) is 21.0. The van der Waals surface area contributed by atoms with Gasteiger partial charge in [-0.05, 0) is 127 Å². The molecule has 728 valence electrons. The van der Waals surface area contributed by atoms with Gasteiger partial charge in [-0.2, -0.15) is 33.1 Å². The van der Waals surface area contributed by atoms with E-state index in [4.69, 9.17) is 52.8 Å². The predicted molar refractivity (Wildman–Crippen MR) is 557 cm³/mol. The molecule has 0 aliphatic carbocycles. The first-order valence-corrected chi connectivity index (χ1v) is 46.5. The summed E-state index contributed by atoms with van der Waals surface area (Å²) in [4.78, 5) is 73.4. The number of aromatic nitrogens is 20. The fourth-order valence-corrected chi connectivity index (χ4v) is 16.8. The number of pyridine rings is 1. The van der Waals surface area contributed by atoms with Crippen molar-refractivity contribution in [3.63, 3.8) is 0 Å². The molecule has 38 heteroatoms.